The van der Waals surface area contributed by atoms with Crippen LogP contribution in [0.25, 0.3) is 5.69 Å². The summed E-state index contributed by atoms with van der Waals surface area (Å²) in [6.45, 7) is 0. The number of anilines is 1. The summed E-state index contributed by atoms with van der Waals surface area (Å²) in [4.78, 5) is 25.8. The first-order valence-corrected chi connectivity index (χ1v) is 8.91. The Bertz CT molecular complexity index is 1170. The third-order valence-corrected chi connectivity index (χ3v) is 5.02. The van der Waals surface area contributed by atoms with Crippen molar-refractivity contribution in [3.63, 3.8) is 0 Å². The zero-order valence-corrected chi connectivity index (χ0v) is 15.8. The van der Waals surface area contributed by atoms with Crippen molar-refractivity contribution in [3.05, 3.63) is 70.0 Å². The number of nitrogens with zero attached hydrogens (tertiary/aromatic N) is 2. The normalized spacial score (nSPS) is 17.8. The lowest BCUT2D eigenvalue weighted by Gasteiger charge is -2.26. The van der Waals surface area contributed by atoms with Gasteiger partial charge in [-0.1, -0.05) is 24.3 Å². The topological polar surface area (TPSA) is 109 Å². The lowest BCUT2D eigenvalue weighted by molar-refractivity contribution is -0.119. The number of carbonyl (C=O) groups excluding carboxylic acids is 1. The van der Waals surface area contributed by atoms with Crippen LogP contribution < -0.4 is 20.3 Å². The van der Waals surface area contributed by atoms with Gasteiger partial charge in [-0.2, -0.15) is 5.26 Å². The van der Waals surface area contributed by atoms with Gasteiger partial charge in [-0.15, -0.1) is 0 Å². The van der Waals surface area contributed by atoms with Gasteiger partial charge >= 0.3 is 0 Å². The molecule has 29 heavy (non-hydrogen) atoms. The highest BCUT2D eigenvalue weighted by atomic mass is 16.5. The lowest BCUT2D eigenvalue weighted by atomic mass is 9.79. The van der Waals surface area contributed by atoms with Crippen molar-refractivity contribution in [2.24, 2.45) is 5.92 Å². The number of amides is 1. The number of rotatable bonds is 4. The Hall–Kier alpha value is -3.99. The van der Waals surface area contributed by atoms with Crippen LogP contribution in [0.3, 0.4) is 0 Å². The van der Waals surface area contributed by atoms with Crippen molar-refractivity contribution in [2.45, 2.75) is 5.92 Å². The Morgan fingerprint density at radius 2 is 1.76 bits per heavy atom. The zero-order chi connectivity index (χ0) is 20.5. The predicted molar refractivity (Wildman–Crippen MR) is 106 cm³/mol. The molecule has 146 valence electrons. The average Bonchev–Trinajstić information content (AvgIpc) is 3.08. The lowest BCUT2D eigenvalue weighted by Crippen LogP contribution is -2.35. The van der Waals surface area contributed by atoms with Gasteiger partial charge in [0.25, 0.3) is 5.56 Å². The minimum Gasteiger partial charge on any atom is -0.493 e. The summed E-state index contributed by atoms with van der Waals surface area (Å²) in [5, 5.41) is 15.3. The van der Waals surface area contributed by atoms with Crippen molar-refractivity contribution in [2.75, 3.05) is 19.5 Å². The molecule has 2 aromatic carbocycles. The number of aromatic amines is 1. The van der Waals surface area contributed by atoms with E-state index in [-0.39, 0.29) is 11.4 Å². The van der Waals surface area contributed by atoms with Crippen LogP contribution in [0.5, 0.6) is 11.5 Å². The van der Waals surface area contributed by atoms with E-state index in [0.29, 0.717) is 28.3 Å². The quantitative estimate of drug-likeness (QED) is 0.711. The van der Waals surface area contributed by atoms with Crippen LogP contribution >= 0.6 is 0 Å². The number of hydrogen-bond donors (Lipinski definition) is 2. The second-order valence-corrected chi connectivity index (χ2v) is 6.56. The summed E-state index contributed by atoms with van der Waals surface area (Å²) in [6, 6.07) is 16.2. The summed E-state index contributed by atoms with van der Waals surface area (Å²) in [7, 11) is 3.02. The van der Waals surface area contributed by atoms with Crippen molar-refractivity contribution in [1.29, 1.82) is 5.26 Å². The second kappa shape index (κ2) is 7.20. The Morgan fingerprint density at radius 3 is 2.41 bits per heavy atom. The Balaban J connectivity index is 1.93. The number of methoxy groups -OCH3 is 2. The van der Waals surface area contributed by atoms with E-state index >= 15 is 0 Å². The van der Waals surface area contributed by atoms with Gasteiger partial charge in [0.1, 0.15) is 11.7 Å². The third kappa shape index (κ3) is 2.93. The van der Waals surface area contributed by atoms with Crippen LogP contribution in [0.4, 0.5) is 5.82 Å². The van der Waals surface area contributed by atoms with E-state index in [1.54, 1.807) is 30.3 Å². The molecule has 0 fully saturated rings. The minimum atomic E-state index is -1.06. The van der Waals surface area contributed by atoms with E-state index < -0.39 is 17.7 Å². The number of aromatic nitrogens is 2. The molecule has 2 unspecified atom stereocenters. The van der Waals surface area contributed by atoms with Crippen LogP contribution in [0.15, 0.2) is 53.3 Å². The molecule has 2 N–H and O–H groups in total. The molecule has 2 heterocycles. The van der Waals surface area contributed by atoms with E-state index in [9.17, 15) is 14.9 Å². The Kier molecular flexibility index (Phi) is 4.56. The molecular weight excluding hydrogens is 372 g/mol. The first-order valence-electron chi connectivity index (χ1n) is 8.91. The number of nitriles is 1. The summed E-state index contributed by atoms with van der Waals surface area (Å²) in [5.74, 6) is -1.03. The summed E-state index contributed by atoms with van der Waals surface area (Å²) >= 11 is 0. The van der Waals surface area contributed by atoms with Gasteiger partial charge in [0.05, 0.1) is 31.5 Å². The first-order chi connectivity index (χ1) is 14.1. The number of hydrogen-bond acceptors (Lipinski definition) is 5. The predicted octanol–water partition coefficient (Wildman–Crippen LogP) is 2.41. The zero-order valence-electron chi connectivity index (χ0n) is 15.8. The van der Waals surface area contributed by atoms with Crippen molar-refractivity contribution < 1.29 is 14.3 Å². The average molecular weight is 390 g/mol. The monoisotopic (exact) mass is 390 g/mol. The van der Waals surface area contributed by atoms with Crippen molar-refractivity contribution in [3.8, 4) is 23.3 Å². The number of benzene rings is 2. The number of nitrogens with one attached hydrogen (secondary N) is 2. The maximum Gasteiger partial charge on any atom is 0.277 e. The maximum absolute atomic E-state index is 13.3. The van der Waals surface area contributed by atoms with Crippen LogP contribution in [-0.2, 0) is 4.79 Å². The fourth-order valence-electron chi connectivity index (χ4n) is 3.65. The first kappa shape index (κ1) is 18.4. The number of para-hydroxylation sites is 1. The molecule has 2 atom stereocenters. The van der Waals surface area contributed by atoms with Crippen molar-refractivity contribution >= 4 is 11.7 Å². The van der Waals surface area contributed by atoms with Crippen LogP contribution in [-0.4, -0.2) is 29.9 Å². The molecule has 1 amide bonds. The van der Waals surface area contributed by atoms with E-state index in [1.165, 1.54) is 18.9 Å². The molecule has 0 spiro atoms. The molecule has 1 aliphatic rings. The smallest absolute Gasteiger partial charge is 0.277 e. The van der Waals surface area contributed by atoms with Crippen LogP contribution in [0, 0.1) is 17.2 Å². The van der Waals surface area contributed by atoms with E-state index in [2.05, 4.69) is 10.4 Å². The van der Waals surface area contributed by atoms with E-state index in [0.717, 1.165) is 0 Å². The van der Waals surface area contributed by atoms with Gasteiger partial charge in [-0.05, 0) is 29.8 Å². The fourth-order valence-corrected chi connectivity index (χ4v) is 3.65. The largest absolute Gasteiger partial charge is 0.493 e. The molecule has 8 heteroatoms. The fraction of sp³-hybridized carbons (Fsp3) is 0.190. The minimum absolute atomic E-state index is 0.287. The third-order valence-electron chi connectivity index (χ3n) is 5.02. The molecule has 3 aromatic rings. The van der Waals surface area contributed by atoms with E-state index in [1.807, 2.05) is 24.3 Å². The molecule has 8 nitrogen and oxygen atoms in total. The maximum atomic E-state index is 13.3. The summed E-state index contributed by atoms with van der Waals surface area (Å²) in [5.41, 5.74) is 1.24. The number of ether oxygens (including phenoxy) is 2. The molecular formula is C21H18N4O4. The van der Waals surface area contributed by atoms with Gasteiger partial charge < -0.3 is 14.8 Å². The number of carbonyl (C=O) groups is 1. The van der Waals surface area contributed by atoms with E-state index in [4.69, 9.17) is 9.47 Å². The van der Waals surface area contributed by atoms with Gasteiger partial charge in [0.2, 0.25) is 5.91 Å². The standard InChI is InChI=1S/C21H18N4O4/c1-28-15-9-8-12(10-16(15)29-2)17-14(11-22)20(26)23-19-18(17)21(27)25(24-19)13-6-4-3-5-7-13/h3-10,14,17,24H,1-2H3,(H,23,26). The molecule has 4 rings (SSSR count). The highest BCUT2D eigenvalue weighted by molar-refractivity contribution is 5.97. The molecule has 0 saturated carbocycles. The Labute approximate surface area is 166 Å². The summed E-state index contributed by atoms with van der Waals surface area (Å²) in [6.07, 6.45) is 0. The van der Waals surface area contributed by atoms with Gasteiger partial charge in [-0.3, -0.25) is 14.7 Å². The van der Waals surface area contributed by atoms with Gasteiger partial charge in [0, 0.05) is 5.92 Å². The second-order valence-electron chi connectivity index (χ2n) is 6.56. The Morgan fingerprint density at radius 1 is 1.03 bits per heavy atom. The highest BCUT2D eigenvalue weighted by Gasteiger charge is 2.41. The molecule has 0 bridgehead atoms. The SMILES string of the molecule is COc1ccc(C2c3c([nH]n(-c4ccccc4)c3=O)NC(=O)C2C#N)cc1OC. The molecule has 0 aliphatic carbocycles. The van der Waals surface area contributed by atoms with Gasteiger partial charge in [0.15, 0.2) is 11.5 Å². The van der Waals surface area contributed by atoms with Crippen LogP contribution in [0.2, 0.25) is 0 Å². The molecule has 0 radical (unpaired) electrons. The number of H-pyrrole nitrogens is 1. The molecule has 0 saturated heterocycles. The van der Waals surface area contributed by atoms with Crippen molar-refractivity contribution in [1.82, 2.24) is 9.78 Å². The number of fused-ring (bicyclic) bond motifs is 1. The summed E-state index contributed by atoms with van der Waals surface area (Å²) < 4.78 is 12.0. The van der Waals surface area contributed by atoms with Crippen LogP contribution in [0.1, 0.15) is 17.0 Å². The molecule has 1 aromatic heterocycles. The van der Waals surface area contributed by atoms with Gasteiger partial charge in [-0.25, -0.2) is 4.68 Å². The highest BCUT2D eigenvalue weighted by Crippen LogP contribution is 2.41. The molecule has 1 aliphatic heterocycles.